The van der Waals surface area contributed by atoms with E-state index in [1.54, 1.807) is 7.11 Å². The number of hydrogen-bond acceptors (Lipinski definition) is 2. The Labute approximate surface area is 125 Å². The number of nitrogens with one attached hydrogen (secondary N) is 1. The van der Waals surface area contributed by atoms with Crippen LogP contribution in [0.1, 0.15) is 11.1 Å². The minimum atomic E-state index is 0.0253. The van der Waals surface area contributed by atoms with Crippen molar-refractivity contribution in [3.05, 3.63) is 59.9 Å². The largest absolute Gasteiger partial charge is 0.497 e. The second kappa shape index (κ2) is 7.43. The summed E-state index contributed by atoms with van der Waals surface area (Å²) in [6, 6.07) is 11.9. The van der Waals surface area contributed by atoms with Gasteiger partial charge in [-0.2, -0.15) is 4.57 Å². The van der Waals surface area contributed by atoms with Crippen LogP contribution in [0, 0.1) is 6.92 Å². The van der Waals surface area contributed by atoms with Gasteiger partial charge in [0.25, 0.3) is 5.91 Å². The third-order valence-corrected chi connectivity index (χ3v) is 3.28. The molecule has 110 valence electrons. The average molecular weight is 285 g/mol. The SMILES string of the molecule is COc1ccc(CCNC(=O)C[n+]2ccc(C)cc2)cc1. The quantitative estimate of drug-likeness (QED) is 0.820. The lowest BCUT2D eigenvalue weighted by Gasteiger charge is -2.05. The maximum absolute atomic E-state index is 11.8. The van der Waals surface area contributed by atoms with Gasteiger partial charge in [-0.25, -0.2) is 0 Å². The normalized spacial score (nSPS) is 10.2. The Balaban J connectivity index is 1.74. The number of amides is 1. The standard InChI is InChI=1S/C17H20N2O2/c1-14-8-11-19(12-9-14)13-17(20)18-10-7-15-3-5-16(21-2)6-4-15/h3-6,8-9,11-12H,7,10,13H2,1-2H3/p+1. The van der Waals surface area contributed by atoms with E-state index < -0.39 is 0 Å². The summed E-state index contributed by atoms with van der Waals surface area (Å²) in [7, 11) is 1.65. The van der Waals surface area contributed by atoms with Crippen LogP contribution in [-0.2, 0) is 17.8 Å². The molecule has 0 radical (unpaired) electrons. The first-order valence-corrected chi connectivity index (χ1v) is 7.03. The predicted molar refractivity (Wildman–Crippen MR) is 81.1 cm³/mol. The van der Waals surface area contributed by atoms with Gasteiger partial charge in [0.2, 0.25) is 6.54 Å². The minimum Gasteiger partial charge on any atom is -0.497 e. The lowest BCUT2D eigenvalue weighted by Crippen LogP contribution is -2.42. The Morgan fingerprint density at radius 1 is 1.14 bits per heavy atom. The third kappa shape index (κ3) is 4.91. The molecule has 1 N–H and O–H groups in total. The molecule has 4 nitrogen and oxygen atoms in total. The maximum Gasteiger partial charge on any atom is 0.285 e. The van der Waals surface area contributed by atoms with Crippen LogP contribution in [-0.4, -0.2) is 19.6 Å². The molecule has 1 aromatic heterocycles. The van der Waals surface area contributed by atoms with Crippen LogP contribution < -0.4 is 14.6 Å². The number of ether oxygens (including phenoxy) is 1. The second-order valence-corrected chi connectivity index (χ2v) is 5.00. The molecule has 2 aromatic rings. The molecule has 0 unspecified atom stereocenters. The number of carbonyl (C=O) groups excluding carboxylic acids is 1. The van der Waals surface area contributed by atoms with Gasteiger partial charge in [-0.15, -0.1) is 0 Å². The summed E-state index contributed by atoms with van der Waals surface area (Å²) in [5, 5.41) is 2.93. The third-order valence-electron chi connectivity index (χ3n) is 3.28. The van der Waals surface area contributed by atoms with Gasteiger partial charge in [0.1, 0.15) is 5.75 Å². The molecule has 0 saturated heterocycles. The maximum atomic E-state index is 11.8. The zero-order valence-corrected chi connectivity index (χ0v) is 12.5. The van der Waals surface area contributed by atoms with Gasteiger partial charge < -0.3 is 10.1 Å². The highest BCUT2D eigenvalue weighted by atomic mass is 16.5. The number of aryl methyl sites for hydroxylation is 1. The summed E-state index contributed by atoms with van der Waals surface area (Å²) in [5.41, 5.74) is 2.37. The molecule has 0 aliphatic rings. The topological polar surface area (TPSA) is 42.2 Å². The zero-order valence-electron chi connectivity index (χ0n) is 12.5. The molecular formula is C17H21N2O2+. The molecule has 0 aliphatic carbocycles. The Bertz CT molecular complexity index is 577. The smallest absolute Gasteiger partial charge is 0.285 e. The zero-order chi connectivity index (χ0) is 15.1. The molecule has 1 amide bonds. The number of aromatic nitrogens is 1. The molecule has 0 fully saturated rings. The van der Waals surface area contributed by atoms with Gasteiger partial charge in [0, 0.05) is 18.7 Å². The first-order valence-electron chi connectivity index (χ1n) is 7.03. The van der Waals surface area contributed by atoms with Gasteiger partial charge in [-0.05, 0) is 36.6 Å². The van der Waals surface area contributed by atoms with E-state index in [9.17, 15) is 4.79 Å². The van der Waals surface area contributed by atoms with Crippen molar-refractivity contribution < 1.29 is 14.1 Å². The van der Waals surface area contributed by atoms with Crippen molar-refractivity contribution in [3.63, 3.8) is 0 Å². The Morgan fingerprint density at radius 3 is 2.43 bits per heavy atom. The predicted octanol–water partition coefficient (Wildman–Crippen LogP) is 1.65. The molecule has 0 spiro atoms. The molecule has 0 bridgehead atoms. The number of pyridine rings is 1. The van der Waals surface area contributed by atoms with E-state index in [0.717, 1.165) is 12.2 Å². The summed E-state index contributed by atoms with van der Waals surface area (Å²) < 4.78 is 6.98. The van der Waals surface area contributed by atoms with Gasteiger partial charge in [-0.1, -0.05) is 12.1 Å². The Hall–Kier alpha value is -2.36. The lowest BCUT2D eigenvalue weighted by molar-refractivity contribution is -0.684. The van der Waals surface area contributed by atoms with Crippen LogP contribution in [0.25, 0.3) is 0 Å². The highest BCUT2D eigenvalue weighted by Crippen LogP contribution is 2.11. The number of rotatable bonds is 6. The fourth-order valence-electron chi connectivity index (χ4n) is 2.00. The van der Waals surface area contributed by atoms with Crippen LogP contribution in [0.3, 0.4) is 0 Å². The summed E-state index contributed by atoms with van der Waals surface area (Å²) in [6.45, 7) is 3.01. The van der Waals surface area contributed by atoms with Crippen LogP contribution in [0.2, 0.25) is 0 Å². The number of nitrogens with zero attached hydrogens (tertiary/aromatic N) is 1. The van der Waals surface area contributed by atoms with Gasteiger partial charge >= 0.3 is 0 Å². The van der Waals surface area contributed by atoms with Gasteiger partial charge in [-0.3, -0.25) is 4.79 Å². The molecule has 0 aliphatic heterocycles. The van der Waals surface area contributed by atoms with Crippen molar-refractivity contribution in [1.29, 1.82) is 0 Å². The van der Waals surface area contributed by atoms with Crippen molar-refractivity contribution in [2.45, 2.75) is 19.9 Å². The van der Waals surface area contributed by atoms with Gasteiger partial charge in [0.15, 0.2) is 12.4 Å². The lowest BCUT2D eigenvalue weighted by atomic mass is 10.1. The van der Waals surface area contributed by atoms with Crippen molar-refractivity contribution in [2.24, 2.45) is 0 Å². The Morgan fingerprint density at radius 2 is 1.81 bits per heavy atom. The van der Waals surface area contributed by atoms with Crippen LogP contribution in [0.5, 0.6) is 5.75 Å². The first kappa shape index (κ1) is 15.0. The second-order valence-electron chi connectivity index (χ2n) is 5.00. The molecule has 2 rings (SSSR count). The van der Waals surface area contributed by atoms with E-state index in [2.05, 4.69) is 5.32 Å². The fourth-order valence-corrected chi connectivity index (χ4v) is 2.00. The van der Waals surface area contributed by atoms with Crippen molar-refractivity contribution in [1.82, 2.24) is 5.32 Å². The van der Waals surface area contributed by atoms with Crippen molar-refractivity contribution >= 4 is 5.91 Å². The fraction of sp³-hybridized carbons (Fsp3) is 0.294. The van der Waals surface area contributed by atoms with Crippen molar-refractivity contribution in [3.8, 4) is 5.75 Å². The first-order chi connectivity index (χ1) is 10.2. The molecule has 21 heavy (non-hydrogen) atoms. The molecule has 1 heterocycles. The van der Waals surface area contributed by atoms with Crippen LogP contribution in [0.4, 0.5) is 0 Å². The highest BCUT2D eigenvalue weighted by molar-refractivity contribution is 5.74. The number of methoxy groups -OCH3 is 1. The molecular weight excluding hydrogens is 264 g/mol. The van der Waals surface area contributed by atoms with E-state index in [0.29, 0.717) is 13.1 Å². The summed E-state index contributed by atoms with van der Waals surface area (Å²) >= 11 is 0. The van der Waals surface area contributed by atoms with Crippen LogP contribution >= 0.6 is 0 Å². The summed E-state index contributed by atoms with van der Waals surface area (Å²) in [4.78, 5) is 11.8. The summed E-state index contributed by atoms with van der Waals surface area (Å²) in [5.74, 6) is 0.871. The minimum absolute atomic E-state index is 0.0253. The number of carbonyl (C=O) groups is 1. The monoisotopic (exact) mass is 285 g/mol. The molecule has 1 aromatic carbocycles. The van der Waals surface area contributed by atoms with Crippen molar-refractivity contribution in [2.75, 3.05) is 13.7 Å². The average Bonchev–Trinajstić information content (AvgIpc) is 2.50. The highest BCUT2D eigenvalue weighted by Gasteiger charge is 2.07. The molecule has 4 heteroatoms. The van der Waals surface area contributed by atoms with E-state index in [4.69, 9.17) is 4.74 Å². The van der Waals surface area contributed by atoms with E-state index in [-0.39, 0.29) is 5.91 Å². The molecule has 0 saturated carbocycles. The number of hydrogen-bond donors (Lipinski definition) is 1. The van der Waals surface area contributed by atoms with E-state index >= 15 is 0 Å². The van der Waals surface area contributed by atoms with Crippen LogP contribution in [0.15, 0.2) is 48.8 Å². The number of benzene rings is 1. The van der Waals surface area contributed by atoms with E-state index in [1.807, 2.05) is 60.3 Å². The van der Waals surface area contributed by atoms with E-state index in [1.165, 1.54) is 11.1 Å². The molecule has 0 atom stereocenters. The summed E-state index contributed by atoms with van der Waals surface area (Å²) in [6.07, 6.45) is 4.64. The Kier molecular flexibility index (Phi) is 5.32. The van der Waals surface area contributed by atoms with Gasteiger partial charge in [0.05, 0.1) is 7.11 Å².